The van der Waals surface area contributed by atoms with Crippen molar-refractivity contribution in [2.75, 3.05) is 19.7 Å². The van der Waals surface area contributed by atoms with E-state index in [1.165, 1.54) is 0 Å². The highest BCUT2D eigenvalue weighted by Gasteiger charge is 2.38. The fourth-order valence-corrected chi connectivity index (χ4v) is 4.65. The lowest BCUT2D eigenvalue weighted by Crippen LogP contribution is -2.49. The van der Waals surface area contributed by atoms with Gasteiger partial charge in [-0.2, -0.15) is 5.10 Å². The van der Waals surface area contributed by atoms with Crippen LogP contribution in [0.5, 0.6) is 11.5 Å². The summed E-state index contributed by atoms with van der Waals surface area (Å²) < 4.78 is 12.2. The SMILES string of the molecule is CCOc1ccc(-c2ccn[nH]2)cc1C(=O)N1CCC2(C=Cc3cc(Cl)c(C)cc3O2)CC1. The van der Waals surface area contributed by atoms with Gasteiger partial charge >= 0.3 is 0 Å². The number of aromatic amines is 1. The maximum atomic E-state index is 13.5. The first-order valence-corrected chi connectivity index (χ1v) is 11.6. The zero-order valence-corrected chi connectivity index (χ0v) is 19.5. The third-order valence-corrected chi connectivity index (χ3v) is 6.80. The summed E-state index contributed by atoms with van der Waals surface area (Å²) >= 11 is 6.26. The molecule has 0 atom stereocenters. The van der Waals surface area contributed by atoms with Gasteiger partial charge in [0.1, 0.15) is 17.1 Å². The Morgan fingerprint density at radius 1 is 1.24 bits per heavy atom. The monoisotopic (exact) mass is 463 g/mol. The van der Waals surface area contributed by atoms with Crippen LogP contribution in [0.4, 0.5) is 0 Å². The summed E-state index contributed by atoms with van der Waals surface area (Å²) in [7, 11) is 0. The van der Waals surface area contributed by atoms with Crippen LogP contribution < -0.4 is 9.47 Å². The molecular formula is C26H26ClN3O3. The molecule has 7 heteroatoms. The summed E-state index contributed by atoms with van der Waals surface area (Å²) in [6, 6.07) is 11.5. The number of hydrogen-bond donors (Lipinski definition) is 1. The third kappa shape index (κ3) is 4.11. The van der Waals surface area contributed by atoms with Crippen molar-refractivity contribution in [3.8, 4) is 22.8 Å². The summed E-state index contributed by atoms with van der Waals surface area (Å²) in [5.41, 5.74) is 3.91. The van der Waals surface area contributed by atoms with Gasteiger partial charge in [-0.05, 0) is 61.9 Å². The van der Waals surface area contributed by atoms with Crippen molar-refractivity contribution in [1.29, 1.82) is 0 Å². The van der Waals surface area contributed by atoms with E-state index in [0.29, 0.717) is 31.0 Å². The number of nitrogens with zero attached hydrogens (tertiary/aromatic N) is 2. The van der Waals surface area contributed by atoms with E-state index in [-0.39, 0.29) is 5.91 Å². The fourth-order valence-electron chi connectivity index (χ4n) is 4.47. The molecule has 1 aromatic heterocycles. The molecule has 33 heavy (non-hydrogen) atoms. The number of benzene rings is 2. The average molecular weight is 464 g/mol. The maximum absolute atomic E-state index is 13.5. The van der Waals surface area contributed by atoms with E-state index in [4.69, 9.17) is 21.1 Å². The molecule has 1 saturated heterocycles. The average Bonchev–Trinajstić information content (AvgIpc) is 3.36. The number of H-pyrrole nitrogens is 1. The van der Waals surface area contributed by atoms with E-state index in [2.05, 4.69) is 22.3 Å². The molecule has 6 nitrogen and oxygen atoms in total. The van der Waals surface area contributed by atoms with E-state index in [9.17, 15) is 4.79 Å². The molecule has 1 spiro atoms. The summed E-state index contributed by atoms with van der Waals surface area (Å²) in [5.74, 6) is 1.42. The van der Waals surface area contributed by atoms with Gasteiger partial charge in [0.05, 0.1) is 17.9 Å². The van der Waals surface area contributed by atoms with Crippen molar-refractivity contribution in [3.63, 3.8) is 0 Å². The van der Waals surface area contributed by atoms with Crippen LogP contribution in [-0.4, -0.2) is 46.3 Å². The molecule has 0 radical (unpaired) electrons. The van der Waals surface area contributed by atoms with Crippen molar-refractivity contribution in [2.45, 2.75) is 32.3 Å². The number of halogens is 1. The number of amides is 1. The molecular weight excluding hydrogens is 438 g/mol. The largest absolute Gasteiger partial charge is 0.493 e. The van der Waals surface area contributed by atoms with Crippen molar-refractivity contribution in [1.82, 2.24) is 15.1 Å². The van der Waals surface area contributed by atoms with Gasteiger partial charge in [0.25, 0.3) is 5.91 Å². The van der Waals surface area contributed by atoms with Crippen LogP contribution >= 0.6 is 11.6 Å². The molecule has 0 unspecified atom stereocenters. The van der Waals surface area contributed by atoms with Crippen LogP contribution in [0, 0.1) is 6.92 Å². The number of ether oxygens (including phenoxy) is 2. The lowest BCUT2D eigenvalue weighted by atomic mass is 9.87. The van der Waals surface area contributed by atoms with Crippen LogP contribution in [0.2, 0.25) is 5.02 Å². The number of nitrogens with one attached hydrogen (secondary N) is 1. The number of fused-ring (bicyclic) bond motifs is 1. The number of rotatable bonds is 4. The molecule has 170 valence electrons. The minimum Gasteiger partial charge on any atom is -0.493 e. The lowest BCUT2D eigenvalue weighted by molar-refractivity contribution is 0.0327. The second-order valence-electron chi connectivity index (χ2n) is 8.55. The van der Waals surface area contributed by atoms with E-state index in [1.54, 1.807) is 6.20 Å². The normalized spacial score (nSPS) is 16.4. The summed E-state index contributed by atoms with van der Waals surface area (Å²) in [4.78, 5) is 15.4. The Morgan fingerprint density at radius 2 is 2.06 bits per heavy atom. The van der Waals surface area contributed by atoms with Gasteiger partial charge in [-0.1, -0.05) is 17.7 Å². The molecule has 0 aliphatic carbocycles. The highest BCUT2D eigenvalue weighted by atomic mass is 35.5. The van der Waals surface area contributed by atoms with Crippen LogP contribution in [-0.2, 0) is 0 Å². The molecule has 0 bridgehead atoms. The smallest absolute Gasteiger partial charge is 0.257 e. The van der Waals surface area contributed by atoms with E-state index < -0.39 is 5.60 Å². The molecule has 3 aromatic rings. The Morgan fingerprint density at radius 3 is 2.79 bits per heavy atom. The van der Waals surface area contributed by atoms with E-state index in [0.717, 1.165) is 46.0 Å². The minimum atomic E-state index is -0.398. The Labute approximate surface area is 198 Å². The number of likely N-dealkylation sites (tertiary alicyclic amines) is 1. The highest BCUT2D eigenvalue weighted by Crippen LogP contribution is 2.39. The van der Waals surface area contributed by atoms with Crippen molar-refractivity contribution in [2.24, 2.45) is 0 Å². The molecule has 2 aliphatic rings. The lowest BCUT2D eigenvalue weighted by Gasteiger charge is -2.42. The predicted octanol–water partition coefficient (Wildman–Crippen LogP) is 5.52. The Balaban J connectivity index is 1.35. The van der Waals surface area contributed by atoms with Crippen molar-refractivity contribution >= 4 is 23.6 Å². The first-order chi connectivity index (χ1) is 16.0. The van der Waals surface area contributed by atoms with E-state index in [1.807, 2.05) is 55.1 Å². The number of carbonyl (C=O) groups excluding carboxylic acids is 1. The summed E-state index contributed by atoms with van der Waals surface area (Å²) in [6.07, 6.45) is 7.35. The number of piperidine rings is 1. The quantitative estimate of drug-likeness (QED) is 0.553. The molecule has 1 amide bonds. The zero-order chi connectivity index (χ0) is 23.0. The maximum Gasteiger partial charge on any atom is 0.257 e. The number of aryl methyl sites for hydroxylation is 1. The molecule has 3 heterocycles. The standard InChI is InChI=1S/C26H26ClN3O3/c1-3-32-23-5-4-18(22-7-11-28-29-22)15-20(23)25(31)30-12-9-26(10-13-30)8-6-19-16-21(27)17(2)14-24(19)33-26/h4-8,11,14-16H,3,9-10,12-13H2,1-2H3,(H,28,29). The fraction of sp³-hybridized carbons (Fsp3) is 0.308. The van der Waals surface area contributed by atoms with E-state index >= 15 is 0 Å². The number of aromatic nitrogens is 2. The first-order valence-electron chi connectivity index (χ1n) is 11.2. The molecule has 2 aromatic carbocycles. The Kier molecular flexibility index (Phi) is 5.62. The topological polar surface area (TPSA) is 67.5 Å². The van der Waals surface area contributed by atoms with Gasteiger partial charge in [-0.25, -0.2) is 0 Å². The second kappa shape index (κ2) is 8.60. The summed E-state index contributed by atoms with van der Waals surface area (Å²) in [6.45, 7) is 5.59. The highest BCUT2D eigenvalue weighted by molar-refractivity contribution is 6.31. The second-order valence-corrected chi connectivity index (χ2v) is 8.95. The minimum absolute atomic E-state index is 0.0301. The predicted molar refractivity (Wildman–Crippen MR) is 129 cm³/mol. The van der Waals surface area contributed by atoms with Crippen LogP contribution in [0.1, 0.15) is 41.3 Å². The van der Waals surface area contributed by atoms with Gasteiger partial charge in [0.15, 0.2) is 0 Å². The van der Waals surface area contributed by atoms with Crippen LogP contribution in [0.3, 0.4) is 0 Å². The first kappa shape index (κ1) is 21.6. The molecule has 1 N–H and O–H groups in total. The van der Waals surface area contributed by atoms with Gasteiger partial charge in [-0.3, -0.25) is 9.89 Å². The van der Waals surface area contributed by atoms with Gasteiger partial charge < -0.3 is 14.4 Å². The zero-order valence-electron chi connectivity index (χ0n) is 18.7. The number of carbonyl (C=O) groups is 1. The Bertz CT molecular complexity index is 1210. The van der Waals surface area contributed by atoms with Crippen molar-refractivity contribution < 1.29 is 14.3 Å². The Hall–Kier alpha value is -3.25. The van der Waals surface area contributed by atoms with Gasteiger partial charge in [-0.15, -0.1) is 0 Å². The summed E-state index contributed by atoms with van der Waals surface area (Å²) in [5, 5.41) is 7.71. The number of hydrogen-bond acceptors (Lipinski definition) is 4. The van der Waals surface area contributed by atoms with Gasteiger partial charge in [0, 0.05) is 48.3 Å². The molecule has 0 saturated carbocycles. The molecule has 5 rings (SSSR count). The van der Waals surface area contributed by atoms with Gasteiger partial charge in [0.2, 0.25) is 0 Å². The molecule has 1 fully saturated rings. The third-order valence-electron chi connectivity index (χ3n) is 6.39. The van der Waals surface area contributed by atoms with Crippen LogP contribution in [0.15, 0.2) is 48.7 Å². The molecule has 2 aliphatic heterocycles. The van der Waals surface area contributed by atoms with Crippen molar-refractivity contribution in [3.05, 3.63) is 70.4 Å². The van der Waals surface area contributed by atoms with Crippen LogP contribution in [0.25, 0.3) is 17.3 Å².